The minimum absolute atomic E-state index is 0.232. The molecule has 3 aromatic heterocycles. The van der Waals surface area contributed by atoms with Crippen LogP contribution in [0.3, 0.4) is 0 Å². The SMILES string of the molecule is Cc1c(C)n(CC(C)C)c2ncn3nc(C(CC(C)C)N4C(=O)c5ccccc5C4=O)nc3c12. The Labute approximate surface area is 198 Å². The van der Waals surface area contributed by atoms with Gasteiger partial charge in [-0.1, -0.05) is 39.8 Å². The molecule has 5 rings (SSSR count). The van der Waals surface area contributed by atoms with E-state index in [1.165, 1.54) is 4.90 Å². The summed E-state index contributed by atoms with van der Waals surface area (Å²) < 4.78 is 3.91. The lowest BCUT2D eigenvalue weighted by atomic mass is 10.0. The van der Waals surface area contributed by atoms with Gasteiger partial charge in [0, 0.05) is 12.2 Å². The number of imide groups is 1. The summed E-state index contributed by atoms with van der Waals surface area (Å²) in [5, 5.41) is 5.68. The van der Waals surface area contributed by atoms with E-state index in [0.29, 0.717) is 34.9 Å². The van der Waals surface area contributed by atoms with E-state index in [9.17, 15) is 9.59 Å². The first-order chi connectivity index (χ1) is 16.2. The predicted molar refractivity (Wildman–Crippen MR) is 130 cm³/mol. The molecule has 0 fully saturated rings. The van der Waals surface area contributed by atoms with Crippen LogP contribution in [0.25, 0.3) is 16.7 Å². The number of aryl methyl sites for hydroxylation is 1. The largest absolute Gasteiger partial charge is 0.329 e. The Kier molecular flexibility index (Phi) is 5.26. The molecule has 1 aromatic carbocycles. The number of hydrogen-bond donors (Lipinski definition) is 0. The minimum atomic E-state index is -0.554. The third kappa shape index (κ3) is 3.31. The average molecular weight is 459 g/mol. The Morgan fingerprint density at radius 3 is 2.15 bits per heavy atom. The lowest BCUT2D eigenvalue weighted by Gasteiger charge is -2.25. The first-order valence-corrected chi connectivity index (χ1v) is 11.9. The van der Waals surface area contributed by atoms with Gasteiger partial charge in [-0.25, -0.2) is 14.5 Å². The molecule has 1 atom stereocenters. The molecule has 0 saturated carbocycles. The standard InChI is InChI=1S/C26H30N6O2/c1-14(2)11-20(32-25(33)18-9-7-8-10-19(18)26(32)34)22-28-24-21-16(5)17(6)30(12-15(3)4)23(21)27-13-31(24)29-22/h7-10,13-15,20H,11-12H2,1-6H3. The van der Waals surface area contributed by atoms with E-state index in [2.05, 4.69) is 46.1 Å². The van der Waals surface area contributed by atoms with Crippen LogP contribution >= 0.6 is 0 Å². The summed E-state index contributed by atoms with van der Waals surface area (Å²) in [6, 6.07) is 6.42. The van der Waals surface area contributed by atoms with Crippen LogP contribution in [0.2, 0.25) is 0 Å². The fourth-order valence-electron chi connectivity index (χ4n) is 4.94. The van der Waals surface area contributed by atoms with Gasteiger partial charge in [0.15, 0.2) is 11.5 Å². The van der Waals surface area contributed by atoms with Crippen LogP contribution in [0.1, 0.15) is 78.0 Å². The number of nitrogens with zero attached hydrogens (tertiary/aromatic N) is 6. The Hall–Kier alpha value is -3.55. The Morgan fingerprint density at radius 2 is 1.56 bits per heavy atom. The lowest BCUT2D eigenvalue weighted by molar-refractivity contribution is 0.0555. The van der Waals surface area contributed by atoms with Crippen molar-refractivity contribution in [1.82, 2.24) is 29.0 Å². The third-order valence-corrected chi connectivity index (χ3v) is 6.64. The number of carbonyl (C=O) groups excluding carboxylic acids is 2. The molecule has 34 heavy (non-hydrogen) atoms. The summed E-state index contributed by atoms with van der Waals surface area (Å²) in [6.07, 6.45) is 2.25. The smallest absolute Gasteiger partial charge is 0.262 e. The first kappa shape index (κ1) is 22.3. The fourth-order valence-corrected chi connectivity index (χ4v) is 4.94. The Balaban J connectivity index is 1.66. The molecule has 1 unspecified atom stereocenters. The van der Waals surface area contributed by atoms with Crippen molar-refractivity contribution < 1.29 is 9.59 Å². The molecule has 0 bridgehead atoms. The van der Waals surface area contributed by atoms with Crippen LogP contribution in [0.15, 0.2) is 30.6 Å². The molecule has 4 heterocycles. The van der Waals surface area contributed by atoms with E-state index in [0.717, 1.165) is 28.8 Å². The Morgan fingerprint density at radius 1 is 0.912 bits per heavy atom. The highest BCUT2D eigenvalue weighted by molar-refractivity contribution is 6.21. The molecule has 0 spiro atoms. The van der Waals surface area contributed by atoms with Crippen LogP contribution in [0, 0.1) is 25.7 Å². The summed E-state index contributed by atoms with van der Waals surface area (Å²) in [7, 11) is 0. The predicted octanol–water partition coefficient (Wildman–Crippen LogP) is 4.74. The second-order valence-corrected chi connectivity index (χ2v) is 10.1. The average Bonchev–Trinajstić information content (AvgIpc) is 3.40. The summed E-state index contributed by atoms with van der Waals surface area (Å²) >= 11 is 0. The van der Waals surface area contributed by atoms with Crippen molar-refractivity contribution in [1.29, 1.82) is 0 Å². The van der Waals surface area contributed by atoms with Crippen molar-refractivity contribution in [2.24, 2.45) is 11.8 Å². The quantitative estimate of drug-likeness (QED) is 0.390. The van der Waals surface area contributed by atoms with E-state index >= 15 is 0 Å². The van der Waals surface area contributed by atoms with Crippen molar-refractivity contribution >= 4 is 28.5 Å². The van der Waals surface area contributed by atoms with Gasteiger partial charge in [0.1, 0.15) is 18.0 Å². The van der Waals surface area contributed by atoms with E-state index in [1.54, 1.807) is 35.1 Å². The highest BCUT2D eigenvalue weighted by Crippen LogP contribution is 2.35. The van der Waals surface area contributed by atoms with Gasteiger partial charge in [-0.05, 0) is 49.8 Å². The van der Waals surface area contributed by atoms with Gasteiger partial charge in [-0.2, -0.15) is 0 Å². The monoisotopic (exact) mass is 458 g/mol. The molecule has 0 N–H and O–H groups in total. The van der Waals surface area contributed by atoms with Gasteiger partial charge < -0.3 is 4.57 Å². The number of rotatable bonds is 6. The van der Waals surface area contributed by atoms with Gasteiger partial charge >= 0.3 is 0 Å². The number of benzene rings is 1. The maximum atomic E-state index is 13.3. The molecular formula is C26H30N6O2. The van der Waals surface area contributed by atoms with Gasteiger partial charge in [0.05, 0.1) is 16.5 Å². The number of carbonyl (C=O) groups is 2. The molecule has 0 saturated heterocycles. The van der Waals surface area contributed by atoms with Crippen LogP contribution in [-0.4, -0.2) is 40.9 Å². The Bertz CT molecular complexity index is 1410. The number of amides is 2. The van der Waals surface area contributed by atoms with E-state index < -0.39 is 6.04 Å². The van der Waals surface area contributed by atoms with E-state index in [1.807, 2.05) is 0 Å². The zero-order valence-electron chi connectivity index (χ0n) is 20.5. The zero-order valence-corrected chi connectivity index (χ0v) is 20.5. The summed E-state index contributed by atoms with van der Waals surface area (Å²) in [5.74, 6) is 0.595. The van der Waals surface area contributed by atoms with Gasteiger partial charge in [-0.15, -0.1) is 5.10 Å². The number of aromatic nitrogens is 5. The van der Waals surface area contributed by atoms with Crippen molar-refractivity contribution in [3.63, 3.8) is 0 Å². The molecule has 176 valence electrons. The van der Waals surface area contributed by atoms with Crippen molar-refractivity contribution in [3.05, 3.63) is 58.8 Å². The van der Waals surface area contributed by atoms with Crippen LogP contribution < -0.4 is 0 Å². The molecule has 1 aliphatic rings. The third-order valence-electron chi connectivity index (χ3n) is 6.64. The normalized spacial score (nSPS) is 14.9. The van der Waals surface area contributed by atoms with Crippen molar-refractivity contribution in [3.8, 4) is 0 Å². The van der Waals surface area contributed by atoms with Crippen LogP contribution in [0.4, 0.5) is 0 Å². The van der Waals surface area contributed by atoms with E-state index in [4.69, 9.17) is 15.1 Å². The molecular weight excluding hydrogens is 428 g/mol. The maximum absolute atomic E-state index is 13.3. The molecule has 8 nitrogen and oxygen atoms in total. The second kappa shape index (κ2) is 8.04. The molecule has 0 radical (unpaired) electrons. The highest BCUT2D eigenvalue weighted by atomic mass is 16.2. The molecule has 8 heteroatoms. The fraction of sp³-hybridized carbons (Fsp3) is 0.423. The summed E-state index contributed by atoms with van der Waals surface area (Å²) in [5.41, 5.74) is 4.74. The lowest BCUT2D eigenvalue weighted by Crippen LogP contribution is -2.35. The zero-order chi connectivity index (χ0) is 24.3. The second-order valence-electron chi connectivity index (χ2n) is 10.1. The highest BCUT2D eigenvalue weighted by Gasteiger charge is 2.42. The maximum Gasteiger partial charge on any atom is 0.262 e. The molecule has 1 aliphatic heterocycles. The van der Waals surface area contributed by atoms with Gasteiger partial charge in [0.25, 0.3) is 11.8 Å². The molecule has 0 aliphatic carbocycles. The van der Waals surface area contributed by atoms with Gasteiger partial charge in [-0.3, -0.25) is 14.5 Å². The minimum Gasteiger partial charge on any atom is -0.329 e. The van der Waals surface area contributed by atoms with Crippen molar-refractivity contribution in [2.45, 2.75) is 60.5 Å². The summed E-state index contributed by atoms with van der Waals surface area (Å²) in [4.78, 5) is 37.5. The molecule has 2 amide bonds. The van der Waals surface area contributed by atoms with E-state index in [-0.39, 0.29) is 17.7 Å². The topological polar surface area (TPSA) is 85.4 Å². The first-order valence-electron chi connectivity index (χ1n) is 11.9. The van der Waals surface area contributed by atoms with Gasteiger partial charge in [0.2, 0.25) is 0 Å². The number of fused-ring (bicyclic) bond motifs is 4. The molecule has 4 aromatic rings. The van der Waals surface area contributed by atoms with Crippen LogP contribution in [-0.2, 0) is 6.54 Å². The summed E-state index contributed by atoms with van der Waals surface area (Å²) in [6.45, 7) is 13.6. The number of hydrogen-bond acceptors (Lipinski definition) is 5. The van der Waals surface area contributed by atoms with Crippen molar-refractivity contribution in [2.75, 3.05) is 0 Å². The van der Waals surface area contributed by atoms with Crippen LogP contribution in [0.5, 0.6) is 0 Å².